The molecule has 390 valence electrons. The zero-order valence-corrected chi connectivity index (χ0v) is 48.4. The van der Waals surface area contributed by atoms with Gasteiger partial charge in [-0.1, -0.05) is 292 Å². The second-order valence-corrected chi connectivity index (χ2v) is 26.1. The molecule has 0 amide bonds. The first-order valence-electron chi connectivity index (χ1n) is 30.2. The first-order valence-corrected chi connectivity index (χ1v) is 32.8. The van der Waals surface area contributed by atoms with Crippen molar-refractivity contribution in [2.45, 2.75) is 279 Å². The molecule has 0 atom stereocenters. The minimum absolute atomic E-state index is 0.360. The number of unbranched alkanes of at least 4 members (excludes halogenated alkanes) is 28. The van der Waals surface area contributed by atoms with Crippen LogP contribution >= 0.6 is 16.1 Å². The molecule has 0 fully saturated rings. The van der Waals surface area contributed by atoms with Crippen molar-refractivity contribution in [2.75, 3.05) is 0 Å². The van der Waals surface area contributed by atoms with Crippen LogP contribution in [-0.4, -0.2) is 10.5 Å². The highest BCUT2D eigenvalue weighted by Gasteiger charge is 2.34. The topological polar surface area (TPSA) is 3.24 Å². The maximum absolute atomic E-state index is 3.02. The molecule has 0 saturated carbocycles. The average Bonchev–Trinajstić information content (AvgIpc) is 3.38. The Morgan fingerprint density at radius 3 is 0.829 bits per heavy atom. The van der Waals surface area contributed by atoms with Crippen LogP contribution in [-0.2, 0) is 25.7 Å². The molecule has 0 aliphatic rings. The maximum atomic E-state index is 3.02. The quantitative estimate of drug-likeness (QED) is 0.0316. The van der Waals surface area contributed by atoms with Crippen LogP contribution in [0.2, 0.25) is 0 Å². The molecule has 0 aliphatic heterocycles. The van der Waals surface area contributed by atoms with Gasteiger partial charge in [0, 0.05) is 22.2 Å². The minimum Gasteiger partial charge on any atom is -0.242 e. The number of benzene rings is 4. The fraction of sp³-hybridized carbons (Fsp3) is 0.642. The Balaban J connectivity index is 1.66. The van der Waals surface area contributed by atoms with Gasteiger partial charge in [0.1, 0.15) is 0 Å². The van der Waals surface area contributed by atoms with Crippen molar-refractivity contribution in [3.63, 3.8) is 0 Å². The lowest BCUT2D eigenvalue weighted by Crippen LogP contribution is -2.36. The predicted octanol–water partition coefficient (Wildman–Crippen LogP) is 20.5. The lowest BCUT2D eigenvalue weighted by molar-refractivity contribution is 0.575. The molecule has 0 unspecified atom stereocenters. The summed E-state index contributed by atoms with van der Waals surface area (Å²) in [5, 5.41) is 6.04. The van der Waals surface area contributed by atoms with E-state index < -0.39 is 16.1 Å². The van der Waals surface area contributed by atoms with E-state index in [4.69, 9.17) is 0 Å². The van der Waals surface area contributed by atoms with E-state index in [1.165, 1.54) is 275 Å². The van der Waals surface area contributed by atoms with Gasteiger partial charge in [0.25, 0.3) is 0 Å². The van der Waals surface area contributed by atoms with Crippen molar-refractivity contribution in [3.05, 3.63) is 119 Å². The molecule has 0 radical (unpaired) electrons. The normalized spacial score (nSPS) is 11.9. The summed E-state index contributed by atoms with van der Waals surface area (Å²) in [7, 11) is -1.65. The molecule has 70 heavy (non-hydrogen) atoms. The first-order chi connectivity index (χ1) is 34.5. The molecule has 0 aromatic heterocycles. The van der Waals surface area contributed by atoms with Crippen LogP contribution < -0.4 is 21.2 Å². The van der Waals surface area contributed by atoms with Crippen molar-refractivity contribution in [3.8, 4) is 0 Å². The summed E-state index contributed by atoms with van der Waals surface area (Å²) in [6.07, 6.45) is 48.6. The Bertz CT molecular complexity index is 1700. The lowest BCUT2D eigenvalue weighted by Gasteiger charge is -2.42. The van der Waals surface area contributed by atoms with Crippen LogP contribution in [0.25, 0.3) is 0 Å². The molecular formula is C67H107NP2. The van der Waals surface area contributed by atoms with Crippen molar-refractivity contribution in [1.82, 2.24) is 4.44 Å². The van der Waals surface area contributed by atoms with E-state index >= 15 is 0 Å². The van der Waals surface area contributed by atoms with E-state index in [1.54, 1.807) is 0 Å². The van der Waals surface area contributed by atoms with Gasteiger partial charge in [-0.25, -0.2) is 4.44 Å². The monoisotopic (exact) mass is 988 g/mol. The average molecular weight is 989 g/mol. The third-order valence-electron chi connectivity index (χ3n) is 14.8. The summed E-state index contributed by atoms with van der Waals surface area (Å²) < 4.78 is 3.02. The van der Waals surface area contributed by atoms with Crippen LogP contribution in [0.3, 0.4) is 0 Å². The number of aryl methyl sites for hydroxylation is 4. The number of hydrogen-bond donors (Lipinski definition) is 0. The summed E-state index contributed by atoms with van der Waals surface area (Å²) in [5.74, 6) is 0. The van der Waals surface area contributed by atoms with Gasteiger partial charge in [-0.15, -0.1) is 0 Å². The third kappa shape index (κ3) is 24.6. The largest absolute Gasteiger partial charge is 0.242 e. The standard InChI is InChI=1S/C67H107NP2/c1-7-11-15-19-23-27-31-35-41-60-49-53-64(54-50-60)69(65-55-51-61(52-56-65)42-36-32-28-24-20-16-12-8-2)68(59(5)6)70(66-47-39-45-62(57-66)43-37-33-29-25-21-17-13-9-3)67-48-40-46-63(58-67)44-38-34-30-26-22-18-14-10-4/h39-40,45-59H,7-38,41-44H2,1-6H3. The highest BCUT2D eigenvalue weighted by molar-refractivity contribution is 7.84. The molecule has 0 spiro atoms. The minimum atomic E-state index is -0.826. The fourth-order valence-electron chi connectivity index (χ4n) is 10.5. The first kappa shape index (κ1) is 60.3. The lowest BCUT2D eigenvalue weighted by atomic mass is 10.0. The van der Waals surface area contributed by atoms with Gasteiger partial charge in [0.2, 0.25) is 0 Å². The van der Waals surface area contributed by atoms with Crippen molar-refractivity contribution in [1.29, 1.82) is 0 Å². The molecule has 1 nitrogen and oxygen atoms in total. The Morgan fingerprint density at radius 1 is 0.286 bits per heavy atom. The molecule has 0 aliphatic carbocycles. The van der Waals surface area contributed by atoms with Gasteiger partial charge in [-0.2, -0.15) is 0 Å². The highest BCUT2D eigenvalue weighted by Crippen LogP contribution is 2.56. The van der Waals surface area contributed by atoms with E-state index in [0.29, 0.717) is 6.04 Å². The van der Waals surface area contributed by atoms with Crippen molar-refractivity contribution in [2.24, 2.45) is 0 Å². The Hall–Kier alpha value is -2.30. The van der Waals surface area contributed by atoms with Gasteiger partial charge in [-0.3, -0.25) is 0 Å². The molecular weight excluding hydrogens is 881 g/mol. The zero-order valence-electron chi connectivity index (χ0n) is 46.6. The Kier molecular flexibility index (Phi) is 33.7. The van der Waals surface area contributed by atoms with Crippen LogP contribution in [0.1, 0.15) is 269 Å². The van der Waals surface area contributed by atoms with Crippen molar-refractivity contribution < 1.29 is 0 Å². The summed E-state index contributed by atoms with van der Waals surface area (Å²) in [6, 6.07) is 40.4. The van der Waals surface area contributed by atoms with E-state index in [9.17, 15) is 0 Å². The van der Waals surface area contributed by atoms with Crippen LogP contribution in [0, 0.1) is 0 Å². The molecule has 0 bridgehead atoms. The third-order valence-corrected chi connectivity index (χ3v) is 20.7. The Labute approximate surface area is 437 Å². The maximum Gasteiger partial charge on any atom is 0.0325 e. The predicted molar refractivity (Wildman–Crippen MR) is 320 cm³/mol. The van der Waals surface area contributed by atoms with E-state index in [-0.39, 0.29) is 0 Å². The molecule has 3 heteroatoms. The number of nitrogens with zero attached hydrogens (tertiary/aromatic N) is 1. The van der Waals surface area contributed by atoms with Gasteiger partial charge in [0.15, 0.2) is 0 Å². The summed E-state index contributed by atoms with van der Waals surface area (Å²) in [4.78, 5) is 0. The fourth-order valence-corrected chi connectivity index (χ4v) is 16.8. The molecule has 4 aromatic carbocycles. The Morgan fingerprint density at radius 2 is 0.543 bits per heavy atom. The molecule has 0 heterocycles. The zero-order chi connectivity index (χ0) is 49.7. The second kappa shape index (κ2) is 39.2. The van der Waals surface area contributed by atoms with Gasteiger partial charge in [-0.05, 0) is 121 Å². The number of rotatable bonds is 43. The summed E-state index contributed by atoms with van der Waals surface area (Å²) in [6.45, 7) is 14.3. The van der Waals surface area contributed by atoms with Crippen LogP contribution in [0.15, 0.2) is 97.1 Å². The second-order valence-electron chi connectivity index (χ2n) is 21.6. The van der Waals surface area contributed by atoms with Gasteiger partial charge >= 0.3 is 0 Å². The molecule has 4 aromatic rings. The van der Waals surface area contributed by atoms with Gasteiger partial charge in [0.05, 0.1) is 0 Å². The van der Waals surface area contributed by atoms with Crippen molar-refractivity contribution >= 4 is 37.4 Å². The summed E-state index contributed by atoms with van der Waals surface area (Å²) in [5.41, 5.74) is 6.06. The number of hydrogen-bond acceptors (Lipinski definition) is 1. The molecule has 0 N–H and O–H groups in total. The van der Waals surface area contributed by atoms with E-state index in [0.717, 1.165) is 0 Å². The van der Waals surface area contributed by atoms with Crippen LogP contribution in [0.4, 0.5) is 0 Å². The van der Waals surface area contributed by atoms with Gasteiger partial charge < -0.3 is 0 Å². The van der Waals surface area contributed by atoms with E-state index in [1.807, 2.05) is 0 Å². The van der Waals surface area contributed by atoms with E-state index in [2.05, 4.69) is 143 Å². The molecule has 4 rings (SSSR count). The SMILES string of the molecule is CCCCCCCCCCc1ccc(P(c2ccc(CCCCCCCCCC)cc2)N(C(C)C)P(c2cccc(CCCCCCCCCC)c2)c2cccc(CCCCCCCCCC)c2)cc1. The summed E-state index contributed by atoms with van der Waals surface area (Å²) >= 11 is 0. The highest BCUT2D eigenvalue weighted by atomic mass is 31.2. The van der Waals surface area contributed by atoms with Crippen LogP contribution in [0.5, 0.6) is 0 Å². The molecule has 0 saturated heterocycles. The smallest absolute Gasteiger partial charge is 0.0325 e.